The number of phenolic OH excluding ortho intramolecular Hbond substituents is 3. The number of aryl methyl sites for hydroxylation is 1. The van der Waals surface area contributed by atoms with Gasteiger partial charge in [-0.05, 0) is 31.0 Å². The van der Waals surface area contributed by atoms with Gasteiger partial charge < -0.3 is 15.3 Å². The molecule has 0 bridgehead atoms. The molecule has 0 aromatic heterocycles. The van der Waals surface area contributed by atoms with Gasteiger partial charge >= 0.3 is 0 Å². The van der Waals surface area contributed by atoms with Crippen molar-refractivity contribution in [3.63, 3.8) is 0 Å². The van der Waals surface area contributed by atoms with Crippen LogP contribution in [-0.2, 0) is 0 Å². The molecule has 0 radical (unpaired) electrons. The van der Waals surface area contributed by atoms with Crippen LogP contribution in [-0.4, -0.2) is 26.9 Å². The molecule has 0 saturated heterocycles. The van der Waals surface area contributed by atoms with Gasteiger partial charge in [-0.1, -0.05) is 36.8 Å². The van der Waals surface area contributed by atoms with E-state index in [1.54, 1.807) is 0 Å². The van der Waals surface area contributed by atoms with Gasteiger partial charge in [0.1, 0.15) is 0 Å². The molecule has 0 aliphatic rings. The van der Waals surface area contributed by atoms with Crippen molar-refractivity contribution in [2.75, 3.05) is 0 Å². The lowest BCUT2D eigenvalue weighted by Gasteiger charge is -2.07. The summed E-state index contributed by atoms with van der Waals surface area (Å²) in [6.45, 7) is 3.90. The summed E-state index contributed by atoms with van der Waals surface area (Å²) in [6, 6.07) is 9.86. The number of hydrogen-bond acceptors (Lipinski definition) is 5. The van der Waals surface area contributed by atoms with Crippen LogP contribution in [0, 0.1) is 6.92 Å². The predicted molar refractivity (Wildman–Crippen MR) is 86.9 cm³/mol. The van der Waals surface area contributed by atoms with Gasteiger partial charge in [0.15, 0.2) is 17.2 Å². The van der Waals surface area contributed by atoms with E-state index in [9.17, 15) is 20.1 Å². The molecular formula is C17H18N2O4. The van der Waals surface area contributed by atoms with Crippen molar-refractivity contribution < 1.29 is 20.1 Å². The number of carbonyl (C=O) groups excluding carboxylic acids is 1. The monoisotopic (exact) mass is 314 g/mol. The van der Waals surface area contributed by atoms with Crippen molar-refractivity contribution in [2.45, 2.75) is 20.3 Å². The number of hydrazone groups is 1. The van der Waals surface area contributed by atoms with Crippen molar-refractivity contribution >= 4 is 11.6 Å². The summed E-state index contributed by atoms with van der Waals surface area (Å²) in [6.07, 6.45) is 0.620. The Balaban J connectivity index is 2.20. The van der Waals surface area contributed by atoms with Gasteiger partial charge in [0.05, 0.1) is 5.71 Å². The molecule has 0 aliphatic carbocycles. The van der Waals surface area contributed by atoms with Gasteiger partial charge in [0, 0.05) is 5.56 Å². The summed E-state index contributed by atoms with van der Waals surface area (Å²) < 4.78 is 0. The highest BCUT2D eigenvalue weighted by Gasteiger charge is 2.13. The van der Waals surface area contributed by atoms with E-state index in [-0.39, 0.29) is 5.56 Å². The van der Waals surface area contributed by atoms with Crippen LogP contribution in [0.2, 0.25) is 0 Å². The van der Waals surface area contributed by atoms with E-state index in [2.05, 4.69) is 10.5 Å². The average molecular weight is 314 g/mol. The first kappa shape index (κ1) is 16.4. The van der Waals surface area contributed by atoms with Crippen LogP contribution in [0.5, 0.6) is 17.2 Å². The van der Waals surface area contributed by atoms with Crippen LogP contribution in [0.3, 0.4) is 0 Å². The maximum absolute atomic E-state index is 12.0. The quantitative estimate of drug-likeness (QED) is 0.396. The number of rotatable bonds is 4. The summed E-state index contributed by atoms with van der Waals surface area (Å²) in [5, 5.41) is 32.2. The van der Waals surface area contributed by atoms with Gasteiger partial charge in [0.2, 0.25) is 0 Å². The van der Waals surface area contributed by atoms with Crippen molar-refractivity contribution in [3.8, 4) is 17.2 Å². The number of hydrogen-bond donors (Lipinski definition) is 4. The smallest absolute Gasteiger partial charge is 0.271 e. The van der Waals surface area contributed by atoms with Crippen LogP contribution in [0.4, 0.5) is 0 Å². The van der Waals surface area contributed by atoms with E-state index in [4.69, 9.17) is 0 Å². The minimum absolute atomic E-state index is 0.0130. The summed E-state index contributed by atoms with van der Waals surface area (Å²) >= 11 is 0. The maximum atomic E-state index is 12.0. The molecule has 0 aliphatic heterocycles. The largest absolute Gasteiger partial charge is 0.504 e. The summed E-state index contributed by atoms with van der Waals surface area (Å²) in [5.74, 6) is -2.42. The minimum Gasteiger partial charge on any atom is -0.504 e. The highest BCUT2D eigenvalue weighted by atomic mass is 16.3. The Hall–Kier alpha value is -3.02. The van der Waals surface area contributed by atoms with Crippen LogP contribution in [0.25, 0.3) is 0 Å². The lowest BCUT2D eigenvalue weighted by Crippen LogP contribution is -2.20. The number of aromatic hydroxyl groups is 3. The molecule has 0 spiro atoms. The fourth-order valence-electron chi connectivity index (χ4n) is 2.01. The molecule has 120 valence electrons. The molecule has 0 atom stereocenters. The van der Waals surface area contributed by atoms with E-state index in [0.717, 1.165) is 23.3 Å². The summed E-state index contributed by atoms with van der Waals surface area (Å²) in [7, 11) is 0. The molecule has 23 heavy (non-hydrogen) atoms. The second kappa shape index (κ2) is 6.83. The first-order valence-electron chi connectivity index (χ1n) is 7.11. The number of nitrogens with zero attached hydrogens (tertiary/aromatic N) is 1. The molecule has 2 aromatic carbocycles. The maximum Gasteiger partial charge on any atom is 0.271 e. The highest BCUT2D eigenvalue weighted by Crippen LogP contribution is 2.35. The predicted octanol–water partition coefficient (Wildman–Crippen LogP) is 2.66. The second-order valence-electron chi connectivity index (χ2n) is 5.08. The third-order valence-corrected chi connectivity index (χ3v) is 3.34. The standard InChI is InChI=1S/C17H18N2O4/c1-3-13(11-6-4-10(2)5-7-11)18-19-17(23)12-8-14(20)16(22)15(21)9-12/h4-9,20-22H,3H2,1-2H3,(H,19,23)/b18-13+. The number of benzene rings is 2. The fraction of sp³-hybridized carbons (Fsp3) is 0.176. The summed E-state index contributed by atoms with van der Waals surface area (Å²) in [4.78, 5) is 12.0. The molecule has 4 N–H and O–H groups in total. The number of phenols is 3. The van der Waals surface area contributed by atoms with Gasteiger partial charge in [-0.2, -0.15) is 5.10 Å². The Kier molecular flexibility index (Phi) is 4.85. The highest BCUT2D eigenvalue weighted by molar-refractivity contribution is 6.02. The van der Waals surface area contributed by atoms with E-state index in [1.165, 1.54) is 0 Å². The molecule has 2 rings (SSSR count). The van der Waals surface area contributed by atoms with Crippen molar-refractivity contribution in [3.05, 3.63) is 53.1 Å². The Labute approximate surface area is 133 Å². The molecule has 6 nitrogen and oxygen atoms in total. The fourth-order valence-corrected chi connectivity index (χ4v) is 2.01. The minimum atomic E-state index is -0.668. The number of nitrogens with one attached hydrogen (secondary N) is 1. The lowest BCUT2D eigenvalue weighted by atomic mass is 10.1. The topological polar surface area (TPSA) is 102 Å². The van der Waals surface area contributed by atoms with E-state index in [1.807, 2.05) is 38.1 Å². The van der Waals surface area contributed by atoms with Gasteiger partial charge in [-0.25, -0.2) is 5.43 Å². The zero-order valence-corrected chi connectivity index (χ0v) is 12.9. The van der Waals surface area contributed by atoms with Crippen LogP contribution in [0.1, 0.15) is 34.8 Å². The van der Waals surface area contributed by atoms with Crippen molar-refractivity contribution in [1.29, 1.82) is 0 Å². The second-order valence-corrected chi connectivity index (χ2v) is 5.08. The molecule has 0 heterocycles. The molecular weight excluding hydrogens is 296 g/mol. The SMILES string of the molecule is CC/C(=N\NC(=O)c1cc(O)c(O)c(O)c1)c1ccc(C)cc1. The molecule has 2 aromatic rings. The van der Waals surface area contributed by atoms with Gasteiger partial charge in [-0.3, -0.25) is 4.79 Å². The molecule has 6 heteroatoms. The third-order valence-electron chi connectivity index (χ3n) is 3.34. The molecule has 0 saturated carbocycles. The lowest BCUT2D eigenvalue weighted by molar-refractivity contribution is 0.0954. The average Bonchev–Trinajstić information content (AvgIpc) is 2.54. The van der Waals surface area contributed by atoms with E-state index < -0.39 is 23.2 Å². The Morgan fingerprint density at radius 1 is 1.04 bits per heavy atom. The van der Waals surface area contributed by atoms with E-state index >= 15 is 0 Å². The number of amides is 1. The van der Waals surface area contributed by atoms with Crippen LogP contribution >= 0.6 is 0 Å². The van der Waals surface area contributed by atoms with Crippen LogP contribution in [0.15, 0.2) is 41.5 Å². The van der Waals surface area contributed by atoms with E-state index in [0.29, 0.717) is 12.1 Å². The van der Waals surface area contributed by atoms with Gasteiger partial charge in [0.25, 0.3) is 5.91 Å². The first-order chi connectivity index (χ1) is 10.9. The number of carbonyl (C=O) groups is 1. The third kappa shape index (κ3) is 3.79. The molecule has 0 fully saturated rings. The molecule has 0 unspecified atom stereocenters. The van der Waals surface area contributed by atoms with Crippen molar-refractivity contribution in [1.82, 2.24) is 5.43 Å². The first-order valence-corrected chi connectivity index (χ1v) is 7.11. The molecule has 1 amide bonds. The van der Waals surface area contributed by atoms with Gasteiger partial charge in [-0.15, -0.1) is 0 Å². The summed E-state index contributed by atoms with van der Waals surface area (Å²) in [5.41, 5.74) is 5.09. The zero-order chi connectivity index (χ0) is 17.0. The van der Waals surface area contributed by atoms with Crippen molar-refractivity contribution in [2.24, 2.45) is 5.10 Å². The Bertz CT molecular complexity index is 729. The zero-order valence-electron chi connectivity index (χ0n) is 12.9. The Morgan fingerprint density at radius 2 is 1.61 bits per heavy atom. The Morgan fingerprint density at radius 3 is 2.13 bits per heavy atom. The normalized spacial score (nSPS) is 11.3. The van der Waals surface area contributed by atoms with Crippen LogP contribution < -0.4 is 5.43 Å².